The summed E-state index contributed by atoms with van der Waals surface area (Å²) in [5.74, 6) is 5.00. The van der Waals surface area contributed by atoms with E-state index in [1.807, 2.05) is 0 Å². The molecule has 0 radical (unpaired) electrons. The van der Waals surface area contributed by atoms with Gasteiger partial charge in [0.05, 0.1) is 18.7 Å². The molecule has 1 aromatic carbocycles. The predicted molar refractivity (Wildman–Crippen MR) is 73.6 cm³/mol. The Morgan fingerprint density at radius 3 is 3.10 bits per heavy atom. The van der Waals surface area contributed by atoms with Gasteiger partial charge in [-0.2, -0.15) is 0 Å². The lowest BCUT2D eigenvalue weighted by atomic mass is 10.1. The number of rotatable bonds is 3. The molecular weight excluding hydrogens is 259 g/mol. The number of hydrogen-bond donors (Lipinski definition) is 2. The average Bonchev–Trinajstić information content (AvgIpc) is 2.96. The molecule has 1 aliphatic rings. The first-order valence-electron chi connectivity index (χ1n) is 6.55. The van der Waals surface area contributed by atoms with Gasteiger partial charge in [-0.05, 0) is 24.6 Å². The third-order valence-corrected chi connectivity index (χ3v) is 3.13. The Kier molecular flexibility index (Phi) is 5.10. The van der Waals surface area contributed by atoms with E-state index in [0.717, 1.165) is 13.0 Å². The van der Waals surface area contributed by atoms with Crippen LogP contribution < -0.4 is 11.1 Å². The molecule has 2 rings (SSSR count). The fourth-order valence-electron chi connectivity index (χ4n) is 2.04. The number of nitrogens with one attached hydrogen (secondary N) is 1. The van der Waals surface area contributed by atoms with E-state index in [0.29, 0.717) is 24.6 Å². The van der Waals surface area contributed by atoms with Gasteiger partial charge in [-0.15, -0.1) is 0 Å². The van der Waals surface area contributed by atoms with E-state index < -0.39 is 5.82 Å². The highest BCUT2D eigenvalue weighted by Crippen LogP contribution is 2.13. The Morgan fingerprint density at radius 1 is 1.55 bits per heavy atom. The van der Waals surface area contributed by atoms with E-state index in [9.17, 15) is 9.18 Å². The lowest BCUT2D eigenvalue weighted by Gasteiger charge is -2.10. The molecule has 1 fully saturated rings. The second-order valence-corrected chi connectivity index (χ2v) is 4.64. The van der Waals surface area contributed by atoms with Crippen LogP contribution >= 0.6 is 0 Å². The standard InChI is InChI=1S/C15H17FN2O2/c16-13-4-3-12(2-1-6-17)14(8-13)15(19)18-9-11-5-7-20-10-11/h3-4,8,11H,5-7,9-10,17H2,(H,18,19). The fraction of sp³-hybridized carbons (Fsp3) is 0.400. The largest absolute Gasteiger partial charge is 0.381 e. The highest BCUT2D eigenvalue weighted by atomic mass is 19.1. The van der Waals surface area contributed by atoms with Crippen LogP contribution in [0.15, 0.2) is 18.2 Å². The molecule has 1 amide bonds. The molecule has 0 aliphatic carbocycles. The summed E-state index contributed by atoms with van der Waals surface area (Å²) in [5, 5.41) is 2.80. The van der Waals surface area contributed by atoms with Gasteiger partial charge in [0, 0.05) is 24.6 Å². The van der Waals surface area contributed by atoms with Gasteiger partial charge < -0.3 is 15.8 Å². The van der Waals surface area contributed by atoms with Crippen molar-refractivity contribution in [3.63, 3.8) is 0 Å². The Bertz CT molecular complexity index is 543. The summed E-state index contributed by atoms with van der Waals surface area (Å²) in [6.45, 7) is 2.11. The molecule has 4 nitrogen and oxygen atoms in total. The maximum atomic E-state index is 13.3. The van der Waals surface area contributed by atoms with Crippen LogP contribution in [0.5, 0.6) is 0 Å². The first-order valence-corrected chi connectivity index (χ1v) is 6.55. The molecule has 0 saturated carbocycles. The van der Waals surface area contributed by atoms with Crippen molar-refractivity contribution < 1.29 is 13.9 Å². The van der Waals surface area contributed by atoms with Gasteiger partial charge in [-0.3, -0.25) is 4.79 Å². The minimum atomic E-state index is -0.461. The molecule has 1 heterocycles. The van der Waals surface area contributed by atoms with Gasteiger partial charge in [0.15, 0.2) is 0 Å². The molecule has 0 aromatic heterocycles. The number of amides is 1. The van der Waals surface area contributed by atoms with Crippen LogP contribution in [0.1, 0.15) is 22.3 Å². The summed E-state index contributed by atoms with van der Waals surface area (Å²) < 4.78 is 18.5. The summed E-state index contributed by atoms with van der Waals surface area (Å²) >= 11 is 0. The van der Waals surface area contributed by atoms with Gasteiger partial charge in [-0.1, -0.05) is 11.8 Å². The second kappa shape index (κ2) is 7.04. The molecule has 0 bridgehead atoms. The minimum Gasteiger partial charge on any atom is -0.381 e. The number of benzene rings is 1. The van der Waals surface area contributed by atoms with Gasteiger partial charge in [0.25, 0.3) is 5.91 Å². The fourth-order valence-corrected chi connectivity index (χ4v) is 2.04. The maximum absolute atomic E-state index is 13.3. The summed E-state index contributed by atoms with van der Waals surface area (Å²) in [7, 11) is 0. The predicted octanol–water partition coefficient (Wildman–Crippen LogP) is 0.902. The number of halogens is 1. The highest BCUT2D eigenvalue weighted by molar-refractivity contribution is 5.96. The molecule has 1 saturated heterocycles. The normalized spacial score (nSPS) is 17.4. The lowest BCUT2D eigenvalue weighted by Crippen LogP contribution is -2.30. The van der Waals surface area contributed by atoms with Crippen LogP contribution in [0, 0.1) is 23.6 Å². The molecule has 1 aliphatic heterocycles. The van der Waals surface area contributed by atoms with E-state index in [1.165, 1.54) is 18.2 Å². The lowest BCUT2D eigenvalue weighted by molar-refractivity contribution is 0.0944. The molecule has 0 spiro atoms. The van der Waals surface area contributed by atoms with E-state index in [2.05, 4.69) is 17.2 Å². The van der Waals surface area contributed by atoms with Crippen molar-refractivity contribution in [2.75, 3.05) is 26.3 Å². The maximum Gasteiger partial charge on any atom is 0.252 e. The highest BCUT2D eigenvalue weighted by Gasteiger charge is 2.18. The number of carbonyl (C=O) groups is 1. The van der Waals surface area contributed by atoms with E-state index in [4.69, 9.17) is 10.5 Å². The molecule has 1 unspecified atom stereocenters. The summed E-state index contributed by atoms with van der Waals surface area (Å²) in [6, 6.07) is 3.97. The van der Waals surface area contributed by atoms with Crippen molar-refractivity contribution in [1.82, 2.24) is 5.32 Å². The summed E-state index contributed by atoms with van der Waals surface area (Å²) in [6.07, 6.45) is 0.934. The van der Waals surface area contributed by atoms with Crippen LogP contribution in [0.25, 0.3) is 0 Å². The van der Waals surface area contributed by atoms with Crippen LogP contribution in [0.2, 0.25) is 0 Å². The zero-order valence-corrected chi connectivity index (χ0v) is 11.1. The number of ether oxygens (including phenoxy) is 1. The van der Waals surface area contributed by atoms with Crippen LogP contribution in [0.4, 0.5) is 4.39 Å². The van der Waals surface area contributed by atoms with Crippen molar-refractivity contribution in [1.29, 1.82) is 0 Å². The second-order valence-electron chi connectivity index (χ2n) is 4.64. The quantitative estimate of drug-likeness (QED) is 0.806. The monoisotopic (exact) mass is 276 g/mol. The third kappa shape index (κ3) is 3.80. The van der Waals surface area contributed by atoms with E-state index in [1.54, 1.807) is 0 Å². The summed E-state index contributed by atoms with van der Waals surface area (Å²) in [5.41, 5.74) is 6.04. The SMILES string of the molecule is NCC#Cc1ccc(F)cc1C(=O)NCC1CCOC1. The van der Waals surface area contributed by atoms with Gasteiger partial charge in [-0.25, -0.2) is 4.39 Å². The molecule has 20 heavy (non-hydrogen) atoms. The Hall–Kier alpha value is -1.90. The zero-order valence-electron chi connectivity index (χ0n) is 11.1. The Morgan fingerprint density at radius 2 is 2.40 bits per heavy atom. The minimum absolute atomic E-state index is 0.192. The van der Waals surface area contributed by atoms with Crippen molar-refractivity contribution in [3.8, 4) is 11.8 Å². The molecule has 1 aromatic rings. The molecule has 5 heteroatoms. The first kappa shape index (κ1) is 14.5. The Labute approximate surface area is 117 Å². The number of hydrogen-bond acceptors (Lipinski definition) is 3. The molecule has 3 N–H and O–H groups in total. The average molecular weight is 276 g/mol. The van der Waals surface area contributed by atoms with Gasteiger partial charge >= 0.3 is 0 Å². The van der Waals surface area contributed by atoms with Crippen molar-refractivity contribution in [2.45, 2.75) is 6.42 Å². The summed E-state index contributed by atoms with van der Waals surface area (Å²) in [4.78, 5) is 12.1. The van der Waals surface area contributed by atoms with Gasteiger partial charge in [0.1, 0.15) is 5.82 Å². The third-order valence-electron chi connectivity index (χ3n) is 3.13. The van der Waals surface area contributed by atoms with Crippen LogP contribution in [0.3, 0.4) is 0 Å². The van der Waals surface area contributed by atoms with Crippen molar-refractivity contribution in [3.05, 3.63) is 35.1 Å². The smallest absolute Gasteiger partial charge is 0.252 e. The van der Waals surface area contributed by atoms with Crippen molar-refractivity contribution >= 4 is 5.91 Å². The molecule has 106 valence electrons. The molecular formula is C15H17FN2O2. The van der Waals surface area contributed by atoms with Crippen molar-refractivity contribution in [2.24, 2.45) is 11.7 Å². The van der Waals surface area contributed by atoms with Gasteiger partial charge in [0.2, 0.25) is 0 Å². The van der Waals surface area contributed by atoms with E-state index in [-0.39, 0.29) is 18.0 Å². The zero-order chi connectivity index (χ0) is 14.4. The number of nitrogens with two attached hydrogens (primary N) is 1. The van der Waals surface area contributed by atoms with Crippen LogP contribution in [-0.2, 0) is 4.74 Å². The number of carbonyl (C=O) groups excluding carboxylic acids is 1. The Balaban J connectivity index is 2.08. The van der Waals surface area contributed by atoms with E-state index >= 15 is 0 Å². The van der Waals surface area contributed by atoms with Crippen LogP contribution in [-0.4, -0.2) is 32.2 Å². The topological polar surface area (TPSA) is 64.4 Å². The molecule has 1 atom stereocenters. The first-order chi connectivity index (χ1) is 9.70.